The summed E-state index contributed by atoms with van der Waals surface area (Å²) in [4.78, 5) is 34.8. The van der Waals surface area contributed by atoms with Crippen LogP contribution in [-0.4, -0.2) is 59.4 Å². The van der Waals surface area contributed by atoms with Gasteiger partial charge in [0, 0.05) is 38.1 Å². The monoisotopic (exact) mass is 507 g/mol. The Bertz CT molecular complexity index is 996. The zero-order valence-electron chi connectivity index (χ0n) is 18.7. The van der Waals surface area contributed by atoms with Gasteiger partial charge in [-0.15, -0.1) is 0 Å². The van der Waals surface area contributed by atoms with E-state index in [1.807, 2.05) is 20.8 Å². The van der Waals surface area contributed by atoms with E-state index in [0.717, 1.165) is 47.8 Å². The van der Waals surface area contributed by atoms with Crippen LogP contribution in [-0.2, 0) is 14.3 Å². The zero-order chi connectivity index (χ0) is 22.9. The highest BCUT2D eigenvalue weighted by molar-refractivity contribution is 9.10. The van der Waals surface area contributed by atoms with Gasteiger partial charge in [0.1, 0.15) is 17.4 Å². The first-order chi connectivity index (χ1) is 15.2. The molecule has 0 radical (unpaired) electrons. The number of nitrogens with one attached hydrogen (secondary N) is 3. The molecular formula is C22H30BrN5O4. The van der Waals surface area contributed by atoms with Crippen LogP contribution in [0.4, 0.5) is 16.2 Å². The van der Waals surface area contributed by atoms with Gasteiger partial charge in [0.15, 0.2) is 0 Å². The highest BCUT2D eigenvalue weighted by Gasteiger charge is 2.29. The largest absolute Gasteiger partial charge is 0.444 e. The first kappa shape index (κ1) is 22.8. The molecular weight excluding hydrogens is 478 g/mol. The van der Waals surface area contributed by atoms with Crippen LogP contribution in [0.2, 0.25) is 0 Å². The second-order valence-corrected chi connectivity index (χ2v) is 10.2. The Kier molecular flexibility index (Phi) is 6.62. The molecule has 3 N–H and O–H groups in total. The van der Waals surface area contributed by atoms with Gasteiger partial charge < -0.3 is 30.0 Å². The Morgan fingerprint density at radius 3 is 2.84 bits per heavy atom. The second-order valence-electron chi connectivity index (χ2n) is 9.30. The molecule has 2 aliphatic heterocycles. The van der Waals surface area contributed by atoms with Crippen LogP contribution in [0.25, 0.3) is 11.0 Å². The quantitative estimate of drug-likeness (QED) is 0.578. The third-order valence-corrected chi connectivity index (χ3v) is 6.15. The number of carbonyl (C=O) groups excluding carboxylic acids is 2. The molecule has 0 aliphatic carbocycles. The molecule has 174 valence electrons. The number of rotatable bonds is 4. The Hall–Kier alpha value is -2.33. The number of pyridine rings is 1. The summed E-state index contributed by atoms with van der Waals surface area (Å²) < 4.78 is 11.8. The van der Waals surface area contributed by atoms with E-state index >= 15 is 0 Å². The molecule has 4 heterocycles. The molecule has 0 aromatic carbocycles. The Balaban J connectivity index is 1.56. The average Bonchev–Trinajstić information content (AvgIpc) is 3.37. The molecule has 2 amide bonds. The zero-order valence-corrected chi connectivity index (χ0v) is 20.3. The predicted molar refractivity (Wildman–Crippen MR) is 126 cm³/mol. The minimum Gasteiger partial charge on any atom is -0.444 e. The van der Waals surface area contributed by atoms with Crippen LogP contribution in [0.5, 0.6) is 0 Å². The minimum absolute atomic E-state index is 0.0439. The van der Waals surface area contributed by atoms with Crippen molar-refractivity contribution in [2.75, 3.05) is 29.9 Å². The average molecular weight is 508 g/mol. The van der Waals surface area contributed by atoms with Crippen LogP contribution in [0.1, 0.15) is 46.5 Å². The van der Waals surface area contributed by atoms with Gasteiger partial charge in [0.05, 0.1) is 21.2 Å². The summed E-state index contributed by atoms with van der Waals surface area (Å²) in [5, 5.41) is 6.84. The van der Waals surface area contributed by atoms with Crippen molar-refractivity contribution in [3.63, 3.8) is 0 Å². The number of aromatic nitrogens is 2. The van der Waals surface area contributed by atoms with Crippen molar-refractivity contribution >= 4 is 50.3 Å². The number of fused-ring (bicyclic) bond motifs is 1. The number of piperidine rings is 1. The molecule has 0 spiro atoms. The topological polar surface area (TPSA) is 109 Å². The fourth-order valence-electron chi connectivity index (χ4n) is 4.23. The van der Waals surface area contributed by atoms with Crippen molar-refractivity contribution < 1.29 is 19.1 Å². The number of nitrogens with zero attached hydrogens (tertiary/aromatic N) is 2. The van der Waals surface area contributed by atoms with E-state index in [4.69, 9.17) is 9.47 Å². The fourth-order valence-corrected chi connectivity index (χ4v) is 4.78. The molecule has 32 heavy (non-hydrogen) atoms. The minimum atomic E-state index is -0.542. The van der Waals surface area contributed by atoms with Gasteiger partial charge in [-0.25, -0.2) is 9.78 Å². The number of halogens is 1. The van der Waals surface area contributed by atoms with Crippen molar-refractivity contribution in [3.05, 3.63) is 16.9 Å². The maximum atomic E-state index is 12.7. The van der Waals surface area contributed by atoms with Crippen LogP contribution in [0.3, 0.4) is 0 Å². The predicted octanol–water partition coefficient (Wildman–Crippen LogP) is 3.94. The first-order valence-electron chi connectivity index (χ1n) is 11.0. The molecule has 9 nitrogen and oxygen atoms in total. The fraction of sp³-hybridized carbons (Fsp3) is 0.591. The van der Waals surface area contributed by atoms with E-state index in [-0.39, 0.29) is 11.9 Å². The lowest BCUT2D eigenvalue weighted by molar-refractivity contribution is -0.124. The number of anilines is 2. The SMILES string of the molecule is CC(C)(C)OC(=O)N[C@@H]1CCCN(c2c(Br)cnc3[nH]cc(NC(=O)[C@@H]4CCCO4)c23)C1. The van der Waals surface area contributed by atoms with Gasteiger partial charge in [0.25, 0.3) is 5.91 Å². The molecule has 2 aliphatic rings. The molecule has 0 bridgehead atoms. The van der Waals surface area contributed by atoms with Crippen molar-refractivity contribution in [2.24, 2.45) is 0 Å². The van der Waals surface area contributed by atoms with E-state index in [2.05, 4.69) is 41.4 Å². The van der Waals surface area contributed by atoms with E-state index in [9.17, 15) is 9.59 Å². The molecule has 2 fully saturated rings. The summed E-state index contributed by atoms with van der Waals surface area (Å²) in [7, 11) is 0. The summed E-state index contributed by atoms with van der Waals surface area (Å²) in [6.07, 6.45) is 6.11. The smallest absolute Gasteiger partial charge is 0.407 e. The van der Waals surface area contributed by atoms with Crippen molar-refractivity contribution in [3.8, 4) is 0 Å². The third-order valence-electron chi connectivity index (χ3n) is 5.57. The normalized spacial score (nSPS) is 21.6. The van der Waals surface area contributed by atoms with Crippen LogP contribution in [0, 0.1) is 0 Å². The maximum absolute atomic E-state index is 12.7. The standard InChI is InChI=1S/C22H30BrN5O4/c1-22(2,3)32-21(30)26-13-6-4-8-28(12-13)18-14(23)10-24-19-17(18)15(11-25-19)27-20(29)16-7-5-9-31-16/h10-11,13,16H,4-9,12H2,1-3H3,(H,24,25)(H,26,30)(H,27,29)/t13-,16+/m1/s1. The van der Waals surface area contributed by atoms with Gasteiger partial charge in [0.2, 0.25) is 0 Å². The first-order valence-corrected chi connectivity index (χ1v) is 11.8. The van der Waals surface area contributed by atoms with Crippen LogP contribution >= 0.6 is 15.9 Å². The van der Waals surface area contributed by atoms with E-state index < -0.39 is 17.8 Å². The number of aromatic amines is 1. The third kappa shape index (κ3) is 5.17. The lowest BCUT2D eigenvalue weighted by Gasteiger charge is -2.36. The molecule has 0 unspecified atom stereocenters. The van der Waals surface area contributed by atoms with E-state index in [1.165, 1.54) is 0 Å². The van der Waals surface area contributed by atoms with Crippen LogP contribution < -0.4 is 15.5 Å². The summed E-state index contributed by atoms with van der Waals surface area (Å²) in [5.74, 6) is -0.141. The number of hydrogen-bond acceptors (Lipinski definition) is 6. The van der Waals surface area contributed by atoms with Gasteiger partial charge in [-0.1, -0.05) is 0 Å². The molecule has 2 aromatic rings. The number of H-pyrrole nitrogens is 1. The molecule has 4 rings (SSSR count). The summed E-state index contributed by atoms with van der Waals surface area (Å²) >= 11 is 3.65. The van der Waals surface area contributed by atoms with Crippen molar-refractivity contribution in [2.45, 2.75) is 64.2 Å². The second kappa shape index (κ2) is 9.27. The van der Waals surface area contributed by atoms with Crippen LogP contribution in [0.15, 0.2) is 16.9 Å². The highest BCUT2D eigenvalue weighted by Crippen LogP contribution is 2.39. The van der Waals surface area contributed by atoms with E-state index in [1.54, 1.807) is 12.4 Å². The molecule has 2 aromatic heterocycles. The number of alkyl carbamates (subject to hydrolysis) is 1. The lowest BCUT2D eigenvalue weighted by atomic mass is 10.0. The Morgan fingerprint density at radius 2 is 2.12 bits per heavy atom. The number of hydrogen-bond donors (Lipinski definition) is 3. The Morgan fingerprint density at radius 1 is 1.31 bits per heavy atom. The van der Waals surface area contributed by atoms with Gasteiger partial charge in [-0.05, 0) is 62.4 Å². The number of carbonyl (C=O) groups is 2. The summed E-state index contributed by atoms with van der Waals surface area (Å²) in [6, 6.07) is -0.0439. The highest BCUT2D eigenvalue weighted by atomic mass is 79.9. The number of ether oxygens (including phenoxy) is 2. The van der Waals surface area contributed by atoms with E-state index in [0.29, 0.717) is 24.5 Å². The summed E-state index contributed by atoms with van der Waals surface area (Å²) in [5.41, 5.74) is 1.76. The number of amides is 2. The van der Waals surface area contributed by atoms with Gasteiger partial charge >= 0.3 is 6.09 Å². The molecule has 2 atom stereocenters. The lowest BCUT2D eigenvalue weighted by Crippen LogP contribution is -2.49. The Labute approximate surface area is 195 Å². The maximum Gasteiger partial charge on any atom is 0.407 e. The summed E-state index contributed by atoms with van der Waals surface area (Å²) in [6.45, 7) is 7.62. The molecule has 2 saturated heterocycles. The van der Waals surface area contributed by atoms with Gasteiger partial charge in [-0.2, -0.15) is 0 Å². The van der Waals surface area contributed by atoms with Gasteiger partial charge in [-0.3, -0.25) is 4.79 Å². The molecule has 10 heteroatoms. The van der Waals surface area contributed by atoms with Crippen molar-refractivity contribution in [1.82, 2.24) is 15.3 Å². The van der Waals surface area contributed by atoms with Crippen molar-refractivity contribution in [1.29, 1.82) is 0 Å². The molecule has 0 saturated carbocycles.